The summed E-state index contributed by atoms with van der Waals surface area (Å²) in [5.41, 5.74) is 1.24. The van der Waals surface area contributed by atoms with Crippen molar-refractivity contribution in [1.82, 2.24) is 13.6 Å². The van der Waals surface area contributed by atoms with Gasteiger partial charge in [0.25, 0.3) is 0 Å². The smallest absolute Gasteiger partial charge is 0.184 e. The van der Waals surface area contributed by atoms with Gasteiger partial charge in [-0.2, -0.15) is 8.75 Å². The Morgan fingerprint density at radius 2 is 2.04 bits per heavy atom. The number of benzene rings is 1. The van der Waals surface area contributed by atoms with E-state index in [0.29, 0.717) is 13.2 Å². The Balaban J connectivity index is 1.72. The first kappa shape index (κ1) is 17.2. The number of nitrogens with zero attached hydrogens (tertiary/aromatic N) is 3. The largest absolute Gasteiger partial charge is 0.490 e. The third-order valence-electron chi connectivity index (χ3n) is 3.02. The number of hydrogen-bond acceptors (Lipinski definition) is 7. The van der Waals surface area contributed by atoms with Crippen molar-refractivity contribution in [2.24, 2.45) is 0 Å². The molecule has 2 aromatic rings. The third-order valence-corrected chi connectivity index (χ3v) is 3.55. The summed E-state index contributed by atoms with van der Waals surface area (Å²) in [5, 5.41) is 6.19. The molecule has 124 valence electrons. The van der Waals surface area contributed by atoms with Crippen LogP contribution in [-0.4, -0.2) is 47.9 Å². The van der Waals surface area contributed by atoms with E-state index in [9.17, 15) is 0 Å². The van der Waals surface area contributed by atoms with Gasteiger partial charge in [-0.3, -0.25) is 0 Å². The van der Waals surface area contributed by atoms with Gasteiger partial charge >= 0.3 is 0 Å². The summed E-state index contributed by atoms with van der Waals surface area (Å²) < 4.78 is 14.0. The van der Waals surface area contributed by atoms with Crippen LogP contribution in [0.15, 0.2) is 36.4 Å². The van der Waals surface area contributed by atoms with E-state index in [1.165, 1.54) is 17.3 Å². The quantitative estimate of drug-likeness (QED) is 0.688. The number of ether oxygens (including phenoxy) is 1. The summed E-state index contributed by atoms with van der Waals surface area (Å²) in [6.07, 6.45) is 4.01. The summed E-state index contributed by atoms with van der Waals surface area (Å²) in [4.78, 5) is 2.14. The van der Waals surface area contributed by atoms with E-state index < -0.39 is 0 Å². The normalized spacial score (nSPS) is 11.1. The van der Waals surface area contributed by atoms with Crippen LogP contribution in [0.5, 0.6) is 5.75 Å². The highest BCUT2D eigenvalue weighted by molar-refractivity contribution is 6.99. The standard InChI is InChI=1S/C16H23N5OS/c1-17-15-16(20-23-19-15)18-9-4-5-10-22-14-8-6-7-13(11-14)12-21(2)3/h4-8,11H,9-10,12H2,1-3H3,(H,17,19)(H,18,20). The SMILES string of the molecule is CNc1nsnc1NCC=CCOc1cccc(CN(C)C)c1. The van der Waals surface area contributed by atoms with Gasteiger partial charge in [0.15, 0.2) is 11.6 Å². The maximum Gasteiger partial charge on any atom is 0.184 e. The number of anilines is 2. The molecule has 1 aromatic carbocycles. The second-order valence-corrected chi connectivity index (χ2v) is 5.79. The topological polar surface area (TPSA) is 62.3 Å². The van der Waals surface area contributed by atoms with Crippen LogP contribution in [-0.2, 0) is 6.54 Å². The Bertz CT molecular complexity index is 626. The minimum Gasteiger partial charge on any atom is -0.490 e. The van der Waals surface area contributed by atoms with Gasteiger partial charge in [-0.25, -0.2) is 0 Å². The Morgan fingerprint density at radius 1 is 1.22 bits per heavy atom. The average molecular weight is 333 g/mol. The van der Waals surface area contributed by atoms with Gasteiger partial charge in [-0.1, -0.05) is 18.2 Å². The fourth-order valence-corrected chi connectivity index (χ4v) is 2.55. The molecule has 0 aliphatic carbocycles. The van der Waals surface area contributed by atoms with Gasteiger partial charge in [-0.15, -0.1) is 0 Å². The fourth-order valence-electron chi connectivity index (χ4n) is 2.02. The lowest BCUT2D eigenvalue weighted by Crippen LogP contribution is -2.10. The van der Waals surface area contributed by atoms with Gasteiger partial charge in [0.2, 0.25) is 0 Å². The first-order valence-corrected chi connectivity index (χ1v) is 8.17. The number of nitrogens with one attached hydrogen (secondary N) is 2. The van der Waals surface area contributed by atoms with Crippen LogP contribution < -0.4 is 15.4 Å². The van der Waals surface area contributed by atoms with E-state index in [0.717, 1.165) is 23.9 Å². The molecule has 0 atom stereocenters. The summed E-state index contributed by atoms with van der Waals surface area (Å²) >= 11 is 1.18. The minimum absolute atomic E-state index is 0.543. The van der Waals surface area contributed by atoms with E-state index in [4.69, 9.17) is 4.74 Å². The van der Waals surface area contributed by atoms with E-state index >= 15 is 0 Å². The number of aromatic nitrogens is 2. The molecule has 0 spiro atoms. The predicted octanol–water partition coefficient (Wildman–Crippen LogP) is 2.69. The van der Waals surface area contributed by atoms with Crippen molar-refractivity contribution >= 4 is 23.4 Å². The molecular formula is C16H23N5OS. The van der Waals surface area contributed by atoms with E-state index in [-0.39, 0.29) is 0 Å². The zero-order valence-corrected chi connectivity index (χ0v) is 14.6. The summed E-state index contributed by atoms with van der Waals surface area (Å²) in [5.74, 6) is 2.44. The highest BCUT2D eigenvalue weighted by Gasteiger charge is 2.03. The van der Waals surface area contributed by atoms with Crippen molar-refractivity contribution in [3.8, 4) is 5.75 Å². The first-order valence-electron chi connectivity index (χ1n) is 7.44. The summed E-state index contributed by atoms with van der Waals surface area (Å²) in [7, 11) is 5.94. The Labute approximate surface area is 141 Å². The number of rotatable bonds is 9. The van der Waals surface area contributed by atoms with Crippen LogP contribution in [0.2, 0.25) is 0 Å². The molecule has 6 nitrogen and oxygen atoms in total. The third kappa shape index (κ3) is 5.88. The zero-order valence-electron chi connectivity index (χ0n) is 13.7. The molecule has 23 heavy (non-hydrogen) atoms. The second kappa shape index (κ2) is 9.12. The summed E-state index contributed by atoms with van der Waals surface area (Å²) in [6.45, 7) is 2.14. The predicted molar refractivity (Wildman–Crippen MR) is 96.4 cm³/mol. The van der Waals surface area contributed by atoms with Crippen LogP contribution in [0, 0.1) is 0 Å². The highest BCUT2D eigenvalue weighted by Crippen LogP contribution is 2.16. The molecule has 2 rings (SSSR count). The van der Waals surface area contributed by atoms with Crippen molar-refractivity contribution in [2.45, 2.75) is 6.54 Å². The lowest BCUT2D eigenvalue weighted by atomic mass is 10.2. The monoisotopic (exact) mass is 333 g/mol. The molecule has 0 aliphatic rings. The van der Waals surface area contributed by atoms with Gasteiger partial charge < -0.3 is 20.3 Å². The maximum atomic E-state index is 5.74. The lowest BCUT2D eigenvalue weighted by Gasteiger charge is -2.11. The van der Waals surface area contributed by atoms with Gasteiger partial charge in [0.05, 0.1) is 11.7 Å². The molecule has 1 aromatic heterocycles. The van der Waals surface area contributed by atoms with Crippen LogP contribution in [0.4, 0.5) is 11.6 Å². The van der Waals surface area contributed by atoms with Gasteiger partial charge in [-0.05, 0) is 37.9 Å². The van der Waals surface area contributed by atoms with E-state index in [2.05, 4.69) is 50.5 Å². The van der Waals surface area contributed by atoms with Crippen LogP contribution in [0.1, 0.15) is 5.56 Å². The molecule has 0 saturated heterocycles. The molecule has 7 heteroatoms. The van der Waals surface area contributed by atoms with Crippen LogP contribution in [0.3, 0.4) is 0 Å². The number of hydrogen-bond donors (Lipinski definition) is 2. The minimum atomic E-state index is 0.543. The van der Waals surface area contributed by atoms with Crippen molar-refractivity contribution in [3.05, 3.63) is 42.0 Å². The van der Waals surface area contributed by atoms with Gasteiger partial charge in [0, 0.05) is 20.1 Å². The summed E-state index contributed by atoms with van der Waals surface area (Å²) in [6, 6.07) is 8.18. The lowest BCUT2D eigenvalue weighted by molar-refractivity contribution is 0.359. The molecule has 0 bridgehead atoms. The zero-order chi connectivity index (χ0) is 16.5. The molecule has 0 saturated carbocycles. The van der Waals surface area contributed by atoms with E-state index in [1.54, 1.807) is 0 Å². The molecule has 0 aliphatic heterocycles. The van der Waals surface area contributed by atoms with Crippen molar-refractivity contribution in [1.29, 1.82) is 0 Å². The highest BCUT2D eigenvalue weighted by atomic mass is 32.1. The van der Waals surface area contributed by atoms with E-state index in [1.807, 2.05) is 31.3 Å². The van der Waals surface area contributed by atoms with Crippen molar-refractivity contribution in [3.63, 3.8) is 0 Å². The second-order valence-electron chi connectivity index (χ2n) is 5.26. The fraction of sp³-hybridized carbons (Fsp3) is 0.375. The Hall–Kier alpha value is -2.12. The Kier molecular flexibility index (Phi) is 6.83. The van der Waals surface area contributed by atoms with Crippen molar-refractivity contribution in [2.75, 3.05) is 44.9 Å². The Morgan fingerprint density at radius 3 is 2.83 bits per heavy atom. The first-order chi connectivity index (χ1) is 11.2. The molecule has 0 amide bonds. The molecule has 0 fully saturated rings. The molecular weight excluding hydrogens is 310 g/mol. The van der Waals surface area contributed by atoms with Crippen LogP contribution >= 0.6 is 11.7 Å². The average Bonchev–Trinajstić information content (AvgIpc) is 2.98. The van der Waals surface area contributed by atoms with Crippen molar-refractivity contribution < 1.29 is 4.74 Å². The molecule has 0 unspecified atom stereocenters. The van der Waals surface area contributed by atoms with Gasteiger partial charge in [0.1, 0.15) is 12.4 Å². The molecule has 0 radical (unpaired) electrons. The molecule has 2 N–H and O–H groups in total. The molecule has 1 heterocycles. The maximum absolute atomic E-state index is 5.74. The van der Waals surface area contributed by atoms with Crippen LogP contribution in [0.25, 0.3) is 0 Å².